The van der Waals surface area contributed by atoms with E-state index < -0.39 is 0 Å². The van der Waals surface area contributed by atoms with E-state index in [1.165, 1.54) is 32.4 Å². The normalized spacial score (nSPS) is 19.0. The predicted molar refractivity (Wildman–Crippen MR) is 56.9 cm³/mol. The third-order valence-electron chi connectivity index (χ3n) is 2.08. The van der Waals surface area contributed by atoms with Crippen molar-refractivity contribution in [2.75, 3.05) is 19.6 Å². The van der Waals surface area contributed by atoms with Crippen molar-refractivity contribution in [3.8, 4) is 0 Å². The zero-order valence-electron chi connectivity index (χ0n) is 7.54. The Morgan fingerprint density at radius 3 is 2.42 bits per heavy atom. The van der Waals surface area contributed by atoms with Crippen LogP contribution in [0.25, 0.3) is 0 Å². The molecule has 0 aliphatic carbocycles. The van der Waals surface area contributed by atoms with Crippen LogP contribution in [0.15, 0.2) is 24.8 Å². The lowest BCUT2D eigenvalue weighted by molar-refractivity contribution is 0.251. The van der Waals surface area contributed by atoms with Gasteiger partial charge in [-0.3, -0.25) is 4.90 Å². The van der Waals surface area contributed by atoms with Gasteiger partial charge in [-0.15, -0.1) is 12.4 Å². The number of allylic oxidation sites excluding steroid dienone is 2. The fourth-order valence-electron chi connectivity index (χ4n) is 1.45. The molecule has 0 radical (unpaired) electrons. The average molecular weight is 188 g/mol. The zero-order valence-corrected chi connectivity index (χ0v) is 8.35. The zero-order chi connectivity index (χ0) is 7.94. The molecule has 0 aromatic heterocycles. The lowest BCUT2D eigenvalue weighted by atomic mass is 10.1. The minimum absolute atomic E-state index is 0. The second kappa shape index (κ2) is 7.38. The summed E-state index contributed by atoms with van der Waals surface area (Å²) in [5, 5.41) is 0. The van der Waals surface area contributed by atoms with Crippen LogP contribution in [0.4, 0.5) is 0 Å². The summed E-state index contributed by atoms with van der Waals surface area (Å²) in [5.41, 5.74) is 0. The van der Waals surface area contributed by atoms with E-state index in [9.17, 15) is 0 Å². The van der Waals surface area contributed by atoms with Gasteiger partial charge in [-0.1, -0.05) is 31.2 Å². The Morgan fingerprint density at radius 2 is 1.83 bits per heavy atom. The highest BCUT2D eigenvalue weighted by Gasteiger charge is 2.06. The summed E-state index contributed by atoms with van der Waals surface area (Å²) in [7, 11) is 0. The summed E-state index contributed by atoms with van der Waals surface area (Å²) in [6.07, 6.45) is 10.2. The van der Waals surface area contributed by atoms with Crippen LogP contribution in [0.3, 0.4) is 0 Å². The van der Waals surface area contributed by atoms with Gasteiger partial charge in [-0.25, -0.2) is 0 Å². The van der Waals surface area contributed by atoms with Crippen LogP contribution in [-0.4, -0.2) is 24.5 Å². The number of likely N-dealkylation sites (tertiary alicyclic amines) is 1. The molecule has 0 aromatic rings. The first-order valence-corrected chi connectivity index (χ1v) is 4.43. The largest absolute Gasteiger partial charge is 0.300 e. The van der Waals surface area contributed by atoms with Gasteiger partial charge in [0, 0.05) is 6.54 Å². The lowest BCUT2D eigenvalue weighted by Gasteiger charge is -2.24. The van der Waals surface area contributed by atoms with Gasteiger partial charge in [-0.05, 0) is 25.9 Å². The summed E-state index contributed by atoms with van der Waals surface area (Å²) in [6, 6.07) is 0. The quantitative estimate of drug-likeness (QED) is 0.615. The summed E-state index contributed by atoms with van der Waals surface area (Å²) in [6.45, 7) is 7.30. The summed E-state index contributed by atoms with van der Waals surface area (Å²) in [5.74, 6) is 0. The van der Waals surface area contributed by atoms with Crippen LogP contribution in [0.5, 0.6) is 0 Å². The van der Waals surface area contributed by atoms with E-state index in [2.05, 4.69) is 17.6 Å². The molecule has 1 nitrogen and oxygen atoms in total. The van der Waals surface area contributed by atoms with Crippen molar-refractivity contribution in [3.63, 3.8) is 0 Å². The van der Waals surface area contributed by atoms with Gasteiger partial charge in [0.05, 0.1) is 0 Å². The second-order valence-corrected chi connectivity index (χ2v) is 3.03. The van der Waals surface area contributed by atoms with Gasteiger partial charge in [0.15, 0.2) is 0 Å². The Bertz CT molecular complexity index is 137. The Balaban J connectivity index is 0.00000121. The average Bonchev–Trinajstić information content (AvgIpc) is 2.07. The van der Waals surface area contributed by atoms with Crippen molar-refractivity contribution in [3.05, 3.63) is 24.8 Å². The van der Waals surface area contributed by atoms with Crippen LogP contribution in [0, 0.1) is 0 Å². The fraction of sp³-hybridized carbons (Fsp3) is 0.600. The number of hydrogen-bond donors (Lipinski definition) is 0. The molecule has 1 rings (SSSR count). The summed E-state index contributed by atoms with van der Waals surface area (Å²) >= 11 is 0. The Morgan fingerprint density at radius 1 is 1.17 bits per heavy atom. The first-order chi connectivity index (χ1) is 5.43. The van der Waals surface area contributed by atoms with Crippen molar-refractivity contribution < 1.29 is 0 Å². The molecule has 0 saturated carbocycles. The van der Waals surface area contributed by atoms with Crippen molar-refractivity contribution in [2.45, 2.75) is 19.3 Å². The topological polar surface area (TPSA) is 3.24 Å². The smallest absolute Gasteiger partial charge is 0.0166 e. The molecule has 1 heterocycles. The summed E-state index contributed by atoms with van der Waals surface area (Å²) < 4.78 is 0. The Labute approximate surface area is 81.6 Å². The number of halogens is 1. The van der Waals surface area contributed by atoms with E-state index >= 15 is 0 Å². The Kier molecular flexibility index (Phi) is 7.22. The number of rotatable bonds is 3. The van der Waals surface area contributed by atoms with Crippen molar-refractivity contribution in [2.24, 2.45) is 0 Å². The molecule has 2 heteroatoms. The monoisotopic (exact) mass is 187 g/mol. The van der Waals surface area contributed by atoms with Crippen molar-refractivity contribution in [1.82, 2.24) is 4.90 Å². The van der Waals surface area contributed by atoms with Gasteiger partial charge in [-0.2, -0.15) is 0 Å². The maximum Gasteiger partial charge on any atom is 0.0166 e. The lowest BCUT2D eigenvalue weighted by Crippen LogP contribution is -2.29. The van der Waals surface area contributed by atoms with E-state index in [1.807, 2.05) is 12.2 Å². The van der Waals surface area contributed by atoms with Gasteiger partial charge in [0.25, 0.3) is 0 Å². The molecule has 0 N–H and O–H groups in total. The highest BCUT2D eigenvalue weighted by atomic mass is 35.5. The molecule has 0 spiro atoms. The molecule has 1 aliphatic heterocycles. The third kappa shape index (κ3) is 4.58. The molecule has 0 amide bonds. The van der Waals surface area contributed by atoms with Crippen LogP contribution < -0.4 is 0 Å². The highest BCUT2D eigenvalue weighted by molar-refractivity contribution is 5.85. The van der Waals surface area contributed by atoms with E-state index in [-0.39, 0.29) is 12.4 Å². The molecule has 0 bridgehead atoms. The fourth-order valence-corrected chi connectivity index (χ4v) is 1.45. The Hall–Kier alpha value is -0.270. The molecule has 0 atom stereocenters. The number of hydrogen-bond acceptors (Lipinski definition) is 1. The third-order valence-corrected chi connectivity index (χ3v) is 2.08. The predicted octanol–water partition coefficient (Wildman–Crippen LogP) is 2.64. The van der Waals surface area contributed by atoms with E-state index in [1.54, 1.807) is 0 Å². The molecule has 0 aromatic carbocycles. The number of nitrogens with zero attached hydrogens (tertiary/aromatic N) is 1. The molecule has 70 valence electrons. The van der Waals surface area contributed by atoms with Gasteiger partial charge < -0.3 is 0 Å². The highest BCUT2D eigenvalue weighted by Crippen LogP contribution is 2.07. The molecule has 1 fully saturated rings. The molecular weight excluding hydrogens is 170 g/mol. The second-order valence-electron chi connectivity index (χ2n) is 3.03. The van der Waals surface area contributed by atoms with Gasteiger partial charge >= 0.3 is 0 Å². The molecule has 12 heavy (non-hydrogen) atoms. The first-order valence-electron chi connectivity index (χ1n) is 4.43. The van der Waals surface area contributed by atoms with Crippen molar-refractivity contribution >= 4 is 12.4 Å². The molecule has 1 saturated heterocycles. The van der Waals surface area contributed by atoms with Crippen LogP contribution >= 0.6 is 12.4 Å². The summed E-state index contributed by atoms with van der Waals surface area (Å²) in [4.78, 5) is 2.49. The SMILES string of the molecule is C=CC=CCN1CCCCC1.Cl. The molecular formula is C10H18ClN. The number of piperidine rings is 1. The minimum atomic E-state index is 0. The first kappa shape index (κ1) is 11.7. The van der Waals surface area contributed by atoms with Crippen LogP contribution in [-0.2, 0) is 0 Å². The van der Waals surface area contributed by atoms with E-state index in [0.717, 1.165) is 6.54 Å². The maximum absolute atomic E-state index is 3.64. The minimum Gasteiger partial charge on any atom is -0.300 e. The van der Waals surface area contributed by atoms with Crippen LogP contribution in [0.2, 0.25) is 0 Å². The van der Waals surface area contributed by atoms with E-state index in [4.69, 9.17) is 0 Å². The van der Waals surface area contributed by atoms with Crippen LogP contribution in [0.1, 0.15) is 19.3 Å². The van der Waals surface area contributed by atoms with E-state index in [0.29, 0.717) is 0 Å². The standard InChI is InChI=1S/C10H17N.ClH/c1-2-3-5-8-11-9-6-4-7-10-11;/h2-3,5H,1,4,6-10H2;1H. The van der Waals surface area contributed by atoms with Gasteiger partial charge in [0.2, 0.25) is 0 Å². The molecule has 1 aliphatic rings. The van der Waals surface area contributed by atoms with Gasteiger partial charge in [0.1, 0.15) is 0 Å². The van der Waals surface area contributed by atoms with Crippen molar-refractivity contribution in [1.29, 1.82) is 0 Å². The maximum atomic E-state index is 3.64. The molecule has 0 unspecified atom stereocenters.